The Balaban J connectivity index is 1.81. The number of benzene rings is 3. The zero-order chi connectivity index (χ0) is 20.4. The number of aryl methyl sites for hydroxylation is 1. The molecule has 0 fully saturated rings. The van der Waals surface area contributed by atoms with Gasteiger partial charge in [0.2, 0.25) is 5.88 Å². The maximum atomic E-state index is 12.8. The van der Waals surface area contributed by atoms with E-state index in [1.807, 2.05) is 13.0 Å². The minimum absolute atomic E-state index is 0.0120. The molecule has 1 heterocycles. The summed E-state index contributed by atoms with van der Waals surface area (Å²) in [5, 5.41) is 0.514. The van der Waals surface area contributed by atoms with E-state index in [1.54, 1.807) is 61.7 Å². The standard InChI is InChI=1S/C22H18N2O4S/c1-15-7-13-18(14-8-15)29(25,26)28-22-19-5-3-4-6-20(19)23-21(24-22)16-9-11-17(27-2)12-10-16/h3-14H,1-2H3. The maximum Gasteiger partial charge on any atom is 0.340 e. The smallest absolute Gasteiger partial charge is 0.340 e. The Morgan fingerprint density at radius 1 is 0.828 bits per heavy atom. The average Bonchev–Trinajstić information content (AvgIpc) is 2.74. The molecule has 0 bridgehead atoms. The lowest BCUT2D eigenvalue weighted by molar-refractivity contribution is 0.415. The van der Waals surface area contributed by atoms with Gasteiger partial charge in [-0.1, -0.05) is 29.8 Å². The fourth-order valence-electron chi connectivity index (χ4n) is 2.84. The van der Waals surface area contributed by atoms with Gasteiger partial charge in [-0.05, 0) is 55.5 Å². The largest absolute Gasteiger partial charge is 0.497 e. The SMILES string of the molecule is COc1ccc(-c2nc(OS(=O)(=O)c3ccc(C)cc3)c3ccccc3n2)cc1. The third kappa shape index (κ3) is 3.90. The Morgan fingerprint density at radius 2 is 1.52 bits per heavy atom. The monoisotopic (exact) mass is 406 g/mol. The average molecular weight is 406 g/mol. The molecule has 0 N–H and O–H groups in total. The lowest BCUT2D eigenvalue weighted by Gasteiger charge is -2.11. The zero-order valence-electron chi connectivity index (χ0n) is 15.9. The minimum Gasteiger partial charge on any atom is -0.497 e. The van der Waals surface area contributed by atoms with E-state index in [0.29, 0.717) is 28.0 Å². The van der Waals surface area contributed by atoms with Crippen LogP contribution in [0.15, 0.2) is 77.7 Å². The molecule has 0 aliphatic heterocycles. The van der Waals surface area contributed by atoms with Gasteiger partial charge in [-0.3, -0.25) is 0 Å². The molecule has 0 saturated heterocycles. The first-order valence-corrected chi connectivity index (χ1v) is 10.3. The number of methoxy groups -OCH3 is 1. The summed E-state index contributed by atoms with van der Waals surface area (Å²) in [6.07, 6.45) is 0. The van der Waals surface area contributed by atoms with Gasteiger partial charge in [0, 0.05) is 5.56 Å². The van der Waals surface area contributed by atoms with E-state index in [2.05, 4.69) is 9.97 Å². The zero-order valence-corrected chi connectivity index (χ0v) is 16.7. The molecule has 0 aliphatic rings. The third-order valence-corrected chi connectivity index (χ3v) is 5.64. The van der Waals surface area contributed by atoms with Crippen LogP contribution in [0, 0.1) is 6.92 Å². The Labute approximate surface area is 168 Å². The second-order valence-electron chi connectivity index (χ2n) is 6.45. The molecule has 29 heavy (non-hydrogen) atoms. The Kier molecular flexibility index (Phi) is 4.90. The molecule has 3 aromatic carbocycles. The molecular formula is C22H18N2O4S. The molecule has 6 nitrogen and oxygen atoms in total. The van der Waals surface area contributed by atoms with Crippen molar-refractivity contribution in [3.63, 3.8) is 0 Å². The van der Waals surface area contributed by atoms with Gasteiger partial charge in [0.1, 0.15) is 10.6 Å². The highest BCUT2D eigenvalue weighted by molar-refractivity contribution is 7.87. The summed E-state index contributed by atoms with van der Waals surface area (Å²) in [5.41, 5.74) is 2.26. The second kappa shape index (κ2) is 7.52. The molecular weight excluding hydrogens is 388 g/mol. The van der Waals surface area contributed by atoms with Crippen LogP contribution in [0.4, 0.5) is 0 Å². The van der Waals surface area contributed by atoms with Gasteiger partial charge in [-0.25, -0.2) is 4.98 Å². The number of fused-ring (bicyclic) bond motifs is 1. The molecule has 0 unspecified atom stereocenters. The third-order valence-electron chi connectivity index (χ3n) is 4.41. The normalized spacial score (nSPS) is 11.4. The van der Waals surface area contributed by atoms with Crippen LogP contribution >= 0.6 is 0 Å². The Bertz CT molecular complexity index is 1270. The Morgan fingerprint density at radius 3 is 2.21 bits per heavy atom. The van der Waals surface area contributed by atoms with Crippen molar-refractivity contribution in [1.82, 2.24) is 9.97 Å². The fraction of sp³-hybridized carbons (Fsp3) is 0.0909. The van der Waals surface area contributed by atoms with Crippen LogP contribution < -0.4 is 8.92 Å². The summed E-state index contributed by atoms with van der Waals surface area (Å²) in [6, 6.07) is 20.8. The number of hydrogen-bond acceptors (Lipinski definition) is 6. The molecule has 4 aromatic rings. The maximum absolute atomic E-state index is 12.8. The van der Waals surface area contributed by atoms with E-state index in [0.717, 1.165) is 5.56 Å². The van der Waals surface area contributed by atoms with Gasteiger partial charge in [0.25, 0.3) is 0 Å². The fourth-order valence-corrected chi connectivity index (χ4v) is 3.74. The van der Waals surface area contributed by atoms with Gasteiger partial charge >= 0.3 is 10.1 Å². The van der Waals surface area contributed by atoms with Crippen LogP contribution in [-0.4, -0.2) is 25.5 Å². The van der Waals surface area contributed by atoms with E-state index >= 15 is 0 Å². The summed E-state index contributed by atoms with van der Waals surface area (Å²) in [4.78, 5) is 9.02. The van der Waals surface area contributed by atoms with Crippen molar-refractivity contribution in [2.45, 2.75) is 11.8 Å². The number of aromatic nitrogens is 2. The molecule has 0 atom stereocenters. The van der Waals surface area contributed by atoms with Crippen molar-refractivity contribution < 1.29 is 17.3 Å². The highest BCUT2D eigenvalue weighted by atomic mass is 32.2. The van der Waals surface area contributed by atoms with E-state index < -0.39 is 10.1 Å². The summed E-state index contributed by atoms with van der Waals surface area (Å²) in [7, 11) is -2.45. The number of rotatable bonds is 5. The predicted octanol–water partition coefficient (Wildman–Crippen LogP) is 4.38. The van der Waals surface area contributed by atoms with E-state index in [-0.39, 0.29) is 10.8 Å². The summed E-state index contributed by atoms with van der Waals surface area (Å²) < 4.78 is 36.2. The van der Waals surface area contributed by atoms with Crippen molar-refractivity contribution in [3.05, 3.63) is 78.4 Å². The van der Waals surface area contributed by atoms with Crippen molar-refractivity contribution >= 4 is 21.0 Å². The molecule has 0 radical (unpaired) electrons. The number of para-hydroxylation sites is 1. The van der Waals surface area contributed by atoms with Crippen LogP contribution in [0.2, 0.25) is 0 Å². The van der Waals surface area contributed by atoms with Crippen LogP contribution in [0.1, 0.15) is 5.56 Å². The number of ether oxygens (including phenoxy) is 1. The second-order valence-corrected chi connectivity index (χ2v) is 7.99. The molecule has 0 saturated carbocycles. The van der Waals surface area contributed by atoms with Crippen molar-refractivity contribution in [2.75, 3.05) is 7.11 Å². The molecule has 0 spiro atoms. The number of hydrogen-bond donors (Lipinski definition) is 0. The van der Waals surface area contributed by atoms with Crippen LogP contribution in [0.25, 0.3) is 22.3 Å². The molecule has 0 amide bonds. The summed E-state index contributed by atoms with van der Waals surface area (Å²) in [6.45, 7) is 1.89. The van der Waals surface area contributed by atoms with Gasteiger partial charge in [-0.15, -0.1) is 0 Å². The van der Waals surface area contributed by atoms with Crippen molar-refractivity contribution in [2.24, 2.45) is 0 Å². The van der Waals surface area contributed by atoms with Gasteiger partial charge in [0.15, 0.2) is 5.82 Å². The highest BCUT2D eigenvalue weighted by Crippen LogP contribution is 2.29. The quantitative estimate of drug-likeness (QED) is 0.458. The van der Waals surface area contributed by atoms with E-state index in [1.165, 1.54) is 12.1 Å². The lowest BCUT2D eigenvalue weighted by Crippen LogP contribution is -2.11. The molecule has 1 aromatic heterocycles. The summed E-state index contributed by atoms with van der Waals surface area (Å²) >= 11 is 0. The molecule has 4 rings (SSSR count). The van der Waals surface area contributed by atoms with Gasteiger partial charge in [-0.2, -0.15) is 13.4 Å². The van der Waals surface area contributed by atoms with Crippen molar-refractivity contribution in [1.29, 1.82) is 0 Å². The van der Waals surface area contributed by atoms with Crippen molar-refractivity contribution in [3.8, 4) is 23.0 Å². The van der Waals surface area contributed by atoms with E-state index in [9.17, 15) is 8.42 Å². The summed E-state index contributed by atoms with van der Waals surface area (Å²) in [5.74, 6) is 1.05. The first kappa shape index (κ1) is 18.9. The van der Waals surface area contributed by atoms with E-state index in [4.69, 9.17) is 8.92 Å². The van der Waals surface area contributed by atoms with Gasteiger partial charge in [0.05, 0.1) is 18.0 Å². The van der Waals surface area contributed by atoms with Crippen LogP contribution in [0.3, 0.4) is 0 Å². The number of nitrogens with zero attached hydrogens (tertiary/aromatic N) is 2. The molecule has 0 aliphatic carbocycles. The van der Waals surface area contributed by atoms with Gasteiger partial charge < -0.3 is 8.92 Å². The Hall–Kier alpha value is -3.45. The predicted molar refractivity (Wildman–Crippen MR) is 111 cm³/mol. The first-order chi connectivity index (χ1) is 14.0. The minimum atomic E-state index is -4.04. The van der Waals surface area contributed by atoms with Crippen LogP contribution in [-0.2, 0) is 10.1 Å². The highest BCUT2D eigenvalue weighted by Gasteiger charge is 2.20. The lowest BCUT2D eigenvalue weighted by atomic mass is 10.2. The molecule has 146 valence electrons. The van der Waals surface area contributed by atoms with Crippen LogP contribution in [0.5, 0.6) is 11.6 Å². The topological polar surface area (TPSA) is 78.4 Å². The molecule has 7 heteroatoms. The first-order valence-electron chi connectivity index (χ1n) is 8.89.